The summed E-state index contributed by atoms with van der Waals surface area (Å²) in [5.74, 6) is -2.63. The molecule has 0 spiro atoms. The van der Waals surface area contributed by atoms with Crippen LogP contribution in [0.2, 0.25) is 0 Å². The number of hydrogen-bond donors (Lipinski definition) is 4. The number of primary amides is 1. The lowest BCUT2D eigenvalue weighted by Gasteiger charge is -2.21. The quantitative estimate of drug-likeness (QED) is 0.345. The molecule has 0 aliphatic rings. The second-order valence-corrected chi connectivity index (χ2v) is 7.84. The van der Waals surface area contributed by atoms with Gasteiger partial charge in [-0.1, -0.05) is 44.2 Å². The van der Waals surface area contributed by atoms with E-state index in [4.69, 9.17) is 15.2 Å². The molecule has 0 aliphatic carbocycles. The van der Waals surface area contributed by atoms with Crippen LogP contribution < -0.4 is 21.7 Å². The molecule has 1 atom stereocenters. The molecular weight excluding hydrogens is 444 g/mol. The lowest BCUT2D eigenvalue weighted by Crippen LogP contribution is -2.49. The average molecular weight is 481 g/mol. The maximum absolute atomic E-state index is 12.5. The Bertz CT molecular complexity index is 807. The predicted octanol–water partition coefficient (Wildman–Crippen LogP) is 1.15. The summed E-state index contributed by atoms with van der Waals surface area (Å²) in [6.07, 6.45) is -1.09. The van der Waals surface area contributed by atoms with E-state index in [0.29, 0.717) is 0 Å². The van der Waals surface area contributed by atoms with Gasteiger partial charge < -0.3 is 31.2 Å². The lowest BCUT2D eigenvalue weighted by molar-refractivity contribution is -0.155. The summed E-state index contributed by atoms with van der Waals surface area (Å²) in [5, 5.41) is 6.94. The minimum atomic E-state index is -1.16. The van der Waals surface area contributed by atoms with Gasteiger partial charge >= 0.3 is 12.1 Å². The van der Waals surface area contributed by atoms with E-state index in [2.05, 4.69) is 16.0 Å². The number of rotatable bonds is 11. The Balaban J connectivity index is 0.00000529. The first-order valence-corrected chi connectivity index (χ1v) is 11.0. The van der Waals surface area contributed by atoms with Crippen molar-refractivity contribution in [3.8, 4) is 0 Å². The molecule has 0 bridgehead atoms. The van der Waals surface area contributed by atoms with Crippen molar-refractivity contribution in [2.24, 2.45) is 5.73 Å². The molecule has 190 valence electrons. The highest BCUT2D eigenvalue weighted by Crippen LogP contribution is 2.10. The Morgan fingerprint density at radius 1 is 0.971 bits per heavy atom. The lowest BCUT2D eigenvalue weighted by atomic mass is 10.1. The topological polar surface area (TPSA) is 166 Å². The van der Waals surface area contributed by atoms with Gasteiger partial charge in [-0.25, -0.2) is 4.79 Å². The predicted molar refractivity (Wildman–Crippen MR) is 125 cm³/mol. The highest BCUT2D eigenvalue weighted by atomic mass is 16.6. The Morgan fingerprint density at radius 3 is 2.15 bits per heavy atom. The molecule has 0 aromatic heterocycles. The van der Waals surface area contributed by atoms with E-state index in [1.54, 1.807) is 45.0 Å². The molecule has 1 unspecified atom stereocenters. The Hall–Kier alpha value is -3.63. The van der Waals surface area contributed by atoms with Crippen LogP contribution in [0.5, 0.6) is 0 Å². The number of amides is 4. The van der Waals surface area contributed by atoms with Gasteiger partial charge in [0.15, 0.2) is 0 Å². The van der Waals surface area contributed by atoms with Gasteiger partial charge in [-0.05, 0) is 32.8 Å². The van der Waals surface area contributed by atoms with E-state index >= 15 is 0 Å². The number of ether oxygens (including phenoxy) is 2. The van der Waals surface area contributed by atoms with Crippen LogP contribution in [0, 0.1) is 0 Å². The molecule has 11 nitrogen and oxygen atoms in total. The third kappa shape index (κ3) is 15.2. The molecule has 1 aromatic rings. The number of alkyl carbamates (subject to hydrolysis) is 1. The maximum Gasteiger partial charge on any atom is 0.408 e. The van der Waals surface area contributed by atoms with Crippen molar-refractivity contribution in [3.63, 3.8) is 0 Å². The second kappa shape index (κ2) is 16.1. The highest BCUT2D eigenvalue weighted by molar-refractivity contribution is 5.91. The number of benzene rings is 1. The Kier molecular flexibility index (Phi) is 14.3. The number of carbonyl (C=O) groups excluding carboxylic acids is 5. The fourth-order valence-corrected chi connectivity index (χ4v) is 2.37. The summed E-state index contributed by atoms with van der Waals surface area (Å²) >= 11 is 0. The molecule has 1 aromatic carbocycles. The van der Waals surface area contributed by atoms with E-state index < -0.39 is 48.0 Å². The van der Waals surface area contributed by atoms with Gasteiger partial charge in [-0.2, -0.15) is 0 Å². The minimum absolute atomic E-state index is 0.0113. The van der Waals surface area contributed by atoms with Gasteiger partial charge in [0.2, 0.25) is 17.7 Å². The summed E-state index contributed by atoms with van der Waals surface area (Å²) in [4.78, 5) is 59.0. The first kappa shape index (κ1) is 30.4. The summed E-state index contributed by atoms with van der Waals surface area (Å²) < 4.78 is 10.3. The van der Waals surface area contributed by atoms with Crippen molar-refractivity contribution in [2.75, 3.05) is 13.1 Å². The molecule has 0 fully saturated rings. The number of nitrogens with one attached hydrogen (secondary N) is 3. The van der Waals surface area contributed by atoms with Crippen LogP contribution >= 0.6 is 0 Å². The highest BCUT2D eigenvalue weighted by Gasteiger charge is 2.25. The van der Waals surface area contributed by atoms with Crippen molar-refractivity contribution in [2.45, 2.75) is 65.7 Å². The summed E-state index contributed by atoms with van der Waals surface area (Å²) in [6, 6.07) is 7.78. The number of hydrogen-bond acceptors (Lipinski definition) is 7. The van der Waals surface area contributed by atoms with Crippen molar-refractivity contribution >= 4 is 29.8 Å². The van der Waals surface area contributed by atoms with Gasteiger partial charge in [0.25, 0.3) is 0 Å². The Morgan fingerprint density at radius 2 is 1.59 bits per heavy atom. The smallest absolute Gasteiger partial charge is 0.408 e. The normalized spacial score (nSPS) is 11.1. The van der Waals surface area contributed by atoms with Crippen LogP contribution in [-0.4, -0.2) is 54.5 Å². The van der Waals surface area contributed by atoms with Crippen LogP contribution in [0.1, 0.15) is 53.0 Å². The second-order valence-electron chi connectivity index (χ2n) is 7.84. The van der Waals surface area contributed by atoms with Crippen LogP contribution in [-0.2, 0) is 35.3 Å². The summed E-state index contributed by atoms with van der Waals surface area (Å²) in [7, 11) is 0. The first-order valence-electron chi connectivity index (χ1n) is 11.0. The SMILES string of the molecule is CC.CC(C)(C)OC(=O)CCC(NC(=O)OCc1ccccc1)C(=O)NCC(=O)NCC(N)=O. The largest absolute Gasteiger partial charge is 0.460 e. The number of carbonyl (C=O) groups is 5. The van der Waals surface area contributed by atoms with E-state index in [-0.39, 0.29) is 26.0 Å². The number of nitrogens with two attached hydrogens (primary N) is 1. The van der Waals surface area contributed by atoms with E-state index in [1.807, 2.05) is 19.9 Å². The van der Waals surface area contributed by atoms with Crippen LogP contribution in [0.25, 0.3) is 0 Å². The minimum Gasteiger partial charge on any atom is -0.460 e. The molecule has 0 aliphatic heterocycles. The van der Waals surface area contributed by atoms with E-state index in [9.17, 15) is 24.0 Å². The summed E-state index contributed by atoms with van der Waals surface area (Å²) in [5.41, 5.74) is 4.99. The van der Waals surface area contributed by atoms with Crippen molar-refractivity contribution < 1.29 is 33.4 Å². The monoisotopic (exact) mass is 480 g/mol. The van der Waals surface area contributed by atoms with Crippen molar-refractivity contribution in [1.82, 2.24) is 16.0 Å². The van der Waals surface area contributed by atoms with Gasteiger partial charge in [0.05, 0.1) is 13.1 Å². The fourth-order valence-electron chi connectivity index (χ4n) is 2.37. The zero-order valence-corrected chi connectivity index (χ0v) is 20.4. The molecule has 0 heterocycles. The van der Waals surface area contributed by atoms with Gasteiger partial charge in [0.1, 0.15) is 18.2 Å². The maximum atomic E-state index is 12.5. The van der Waals surface area contributed by atoms with Crippen LogP contribution in [0.15, 0.2) is 30.3 Å². The van der Waals surface area contributed by atoms with Crippen molar-refractivity contribution in [3.05, 3.63) is 35.9 Å². The summed E-state index contributed by atoms with van der Waals surface area (Å²) in [6.45, 7) is 8.29. The molecule has 5 N–H and O–H groups in total. The molecule has 1 rings (SSSR count). The molecular formula is C23H36N4O7. The van der Waals surface area contributed by atoms with Crippen molar-refractivity contribution in [1.29, 1.82) is 0 Å². The van der Waals surface area contributed by atoms with E-state index in [1.165, 1.54) is 0 Å². The zero-order valence-electron chi connectivity index (χ0n) is 20.4. The first-order chi connectivity index (χ1) is 16.0. The molecule has 0 saturated carbocycles. The van der Waals surface area contributed by atoms with Gasteiger partial charge in [-0.15, -0.1) is 0 Å². The van der Waals surface area contributed by atoms with Gasteiger partial charge in [-0.3, -0.25) is 19.2 Å². The third-order valence-corrected chi connectivity index (χ3v) is 3.76. The van der Waals surface area contributed by atoms with E-state index in [0.717, 1.165) is 5.56 Å². The fraction of sp³-hybridized carbons (Fsp3) is 0.522. The standard InChI is InChI=1S/C21H30N4O7.C2H6/c1-21(2,3)32-18(28)10-9-15(19(29)24-12-17(27)23-11-16(22)26)25-20(30)31-13-14-7-5-4-6-8-14;1-2/h4-8,15H,9-13H2,1-3H3,(H2,22,26)(H,23,27)(H,24,29)(H,25,30);1-2H3. The Labute approximate surface area is 200 Å². The average Bonchev–Trinajstić information content (AvgIpc) is 2.78. The van der Waals surface area contributed by atoms with Gasteiger partial charge in [0, 0.05) is 6.42 Å². The number of esters is 1. The molecule has 11 heteroatoms. The third-order valence-electron chi connectivity index (χ3n) is 3.76. The molecule has 0 saturated heterocycles. The van der Waals surface area contributed by atoms with Crippen LogP contribution in [0.3, 0.4) is 0 Å². The van der Waals surface area contributed by atoms with Crippen LogP contribution in [0.4, 0.5) is 4.79 Å². The zero-order chi connectivity index (χ0) is 26.1. The molecule has 4 amide bonds. The molecule has 34 heavy (non-hydrogen) atoms. The molecule has 0 radical (unpaired) electrons.